The lowest BCUT2D eigenvalue weighted by Gasteiger charge is -2.14. The summed E-state index contributed by atoms with van der Waals surface area (Å²) in [6, 6.07) is 4.83. The van der Waals surface area contributed by atoms with Crippen molar-refractivity contribution < 1.29 is 13.2 Å². The molecular weight excluding hydrogens is 278 g/mol. The van der Waals surface area contributed by atoms with Gasteiger partial charge in [0.05, 0.1) is 11.8 Å². The second-order valence-electron chi connectivity index (χ2n) is 4.81. The van der Waals surface area contributed by atoms with Gasteiger partial charge in [0.2, 0.25) is 10.0 Å². The first-order chi connectivity index (χ1) is 9.53. The highest BCUT2D eigenvalue weighted by Crippen LogP contribution is 2.24. The number of hydrogen-bond acceptors (Lipinski definition) is 5. The molecule has 1 atom stereocenters. The molecule has 0 aromatic heterocycles. The van der Waals surface area contributed by atoms with Gasteiger partial charge in [0.25, 0.3) is 0 Å². The Morgan fingerprint density at radius 1 is 1.45 bits per heavy atom. The van der Waals surface area contributed by atoms with Crippen molar-refractivity contribution in [2.45, 2.75) is 30.3 Å². The number of sulfonamides is 1. The van der Waals surface area contributed by atoms with Crippen LogP contribution >= 0.6 is 0 Å². The molecule has 1 unspecified atom stereocenters. The minimum atomic E-state index is -3.52. The molecule has 1 aromatic rings. The predicted octanol–water partition coefficient (Wildman–Crippen LogP) is 1.16. The lowest BCUT2D eigenvalue weighted by molar-refractivity contribution is 0.107. The van der Waals surface area contributed by atoms with Gasteiger partial charge in [0.15, 0.2) is 0 Å². The van der Waals surface area contributed by atoms with E-state index < -0.39 is 10.0 Å². The quantitative estimate of drug-likeness (QED) is 0.685. The second-order valence-corrected chi connectivity index (χ2v) is 6.67. The van der Waals surface area contributed by atoms with E-state index in [0.29, 0.717) is 17.9 Å². The first-order valence-corrected chi connectivity index (χ1v) is 8.20. The summed E-state index contributed by atoms with van der Waals surface area (Å²) in [6.45, 7) is 1.49. The van der Waals surface area contributed by atoms with Crippen molar-refractivity contribution in [3.8, 4) is 0 Å². The maximum absolute atomic E-state index is 12.0. The highest BCUT2D eigenvalue weighted by molar-refractivity contribution is 7.89. The lowest BCUT2D eigenvalue weighted by atomic mass is 10.2. The fourth-order valence-electron chi connectivity index (χ4n) is 2.26. The number of rotatable bonds is 6. The van der Waals surface area contributed by atoms with Crippen LogP contribution in [0.5, 0.6) is 0 Å². The largest absolute Gasteiger partial charge is 0.399 e. The highest BCUT2D eigenvalue weighted by atomic mass is 32.2. The first kappa shape index (κ1) is 15.1. The van der Waals surface area contributed by atoms with Crippen LogP contribution in [0.1, 0.15) is 19.3 Å². The van der Waals surface area contributed by atoms with Gasteiger partial charge in [-0.1, -0.05) is 0 Å². The summed E-state index contributed by atoms with van der Waals surface area (Å²) in [5, 5.41) is 3.15. The van der Waals surface area contributed by atoms with Crippen LogP contribution in [0, 0.1) is 0 Å². The molecule has 1 heterocycles. The molecule has 7 heteroatoms. The average Bonchev–Trinajstić information content (AvgIpc) is 2.93. The molecule has 0 spiro atoms. The molecule has 0 saturated carbocycles. The van der Waals surface area contributed by atoms with Crippen molar-refractivity contribution in [3.05, 3.63) is 18.2 Å². The van der Waals surface area contributed by atoms with Gasteiger partial charge in [-0.15, -0.1) is 0 Å². The molecule has 1 aliphatic heterocycles. The van der Waals surface area contributed by atoms with Gasteiger partial charge in [0, 0.05) is 18.8 Å². The summed E-state index contributed by atoms with van der Waals surface area (Å²) in [4.78, 5) is 0.173. The van der Waals surface area contributed by atoms with E-state index in [0.717, 1.165) is 25.9 Å². The van der Waals surface area contributed by atoms with Crippen LogP contribution < -0.4 is 15.8 Å². The van der Waals surface area contributed by atoms with Gasteiger partial charge < -0.3 is 15.8 Å². The fourth-order valence-corrected chi connectivity index (χ4v) is 3.20. The van der Waals surface area contributed by atoms with Gasteiger partial charge in [-0.05, 0) is 44.5 Å². The van der Waals surface area contributed by atoms with Gasteiger partial charge >= 0.3 is 0 Å². The molecule has 0 amide bonds. The Kier molecular flexibility index (Phi) is 4.85. The zero-order valence-corrected chi connectivity index (χ0v) is 12.4. The van der Waals surface area contributed by atoms with E-state index in [1.54, 1.807) is 12.1 Å². The molecule has 1 saturated heterocycles. The molecule has 2 rings (SSSR count). The molecule has 0 radical (unpaired) electrons. The predicted molar refractivity (Wildman–Crippen MR) is 79.2 cm³/mol. The SMILES string of the molecule is CNS(=O)(=O)c1cc(N)ccc1NCCC1CCCO1. The van der Waals surface area contributed by atoms with Gasteiger partial charge in [-0.25, -0.2) is 13.1 Å². The summed E-state index contributed by atoms with van der Waals surface area (Å²) in [5.41, 5.74) is 6.65. The van der Waals surface area contributed by atoms with Crippen LogP contribution in [0.4, 0.5) is 11.4 Å². The van der Waals surface area contributed by atoms with E-state index in [2.05, 4.69) is 10.0 Å². The standard InChI is InChI=1S/C13H21N3O3S/c1-15-20(17,18)13-9-10(14)4-5-12(13)16-7-6-11-3-2-8-19-11/h4-5,9,11,15-16H,2-3,6-8,14H2,1H3. The van der Waals surface area contributed by atoms with Crippen LogP contribution in [0.25, 0.3) is 0 Å². The van der Waals surface area contributed by atoms with Crippen molar-refractivity contribution in [2.24, 2.45) is 0 Å². The normalized spacial score (nSPS) is 19.1. The molecule has 1 aromatic carbocycles. The number of benzene rings is 1. The average molecular weight is 299 g/mol. The summed E-state index contributed by atoms with van der Waals surface area (Å²) >= 11 is 0. The Hall–Kier alpha value is -1.31. The van der Waals surface area contributed by atoms with Crippen LogP contribution in [-0.2, 0) is 14.8 Å². The first-order valence-electron chi connectivity index (χ1n) is 6.71. The molecule has 1 aliphatic rings. The Morgan fingerprint density at radius 2 is 2.25 bits per heavy atom. The van der Waals surface area contributed by atoms with Crippen LogP contribution in [0.15, 0.2) is 23.1 Å². The van der Waals surface area contributed by atoms with Crippen molar-refractivity contribution in [1.29, 1.82) is 0 Å². The van der Waals surface area contributed by atoms with Crippen molar-refractivity contribution in [2.75, 3.05) is 31.2 Å². The number of nitrogens with one attached hydrogen (secondary N) is 2. The number of anilines is 2. The van der Waals surface area contributed by atoms with E-state index in [1.807, 2.05) is 0 Å². The molecular formula is C13H21N3O3S. The van der Waals surface area contributed by atoms with Crippen LogP contribution in [-0.4, -0.2) is 34.7 Å². The number of nitrogen functional groups attached to an aromatic ring is 1. The summed E-state index contributed by atoms with van der Waals surface area (Å²) < 4.78 is 31.8. The highest BCUT2D eigenvalue weighted by Gasteiger charge is 2.18. The molecule has 112 valence electrons. The maximum Gasteiger partial charge on any atom is 0.242 e. The monoisotopic (exact) mass is 299 g/mol. The molecule has 0 aliphatic carbocycles. The van der Waals surface area contributed by atoms with E-state index in [4.69, 9.17) is 10.5 Å². The number of hydrogen-bond donors (Lipinski definition) is 3. The fraction of sp³-hybridized carbons (Fsp3) is 0.538. The lowest BCUT2D eigenvalue weighted by Crippen LogP contribution is -2.21. The Balaban J connectivity index is 2.06. The number of ether oxygens (including phenoxy) is 1. The van der Waals surface area contributed by atoms with E-state index in [-0.39, 0.29) is 11.0 Å². The topological polar surface area (TPSA) is 93.5 Å². The molecule has 1 fully saturated rings. The van der Waals surface area contributed by atoms with Crippen molar-refractivity contribution >= 4 is 21.4 Å². The molecule has 0 bridgehead atoms. The maximum atomic E-state index is 12.0. The van der Waals surface area contributed by atoms with Crippen molar-refractivity contribution in [1.82, 2.24) is 4.72 Å². The summed E-state index contributed by atoms with van der Waals surface area (Å²) in [7, 11) is -2.14. The van der Waals surface area contributed by atoms with Gasteiger partial charge in [-0.3, -0.25) is 0 Å². The molecule has 6 nitrogen and oxygen atoms in total. The zero-order valence-electron chi connectivity index (χ0n) is 11.6. The molecule has 4 N–H and O–H groups in total. The smallest absolute Gasteiger partial charge is 0.242 e. The van der Waals surface area contributed by atoms with E-state index in [9.17, 15) is 8.42 Å². The van der Waals surface area contributed by atoms with Crippen LogP contribution in [0.2, 0.25) is 0 Å². The zero-order chi connectivity index (χ0) is 14.6. The Bertz CT molecular complexity index is 554. The summed E-state index contributed by atoms with van der Waals surface area (Å²) in [5.74, 6) is 0. The third-order valence-corrected chi connectivity index (χ3v) is 4.82. The third-order valence-electron chi connectivity index (χ3n) is 3.37. The Labute approximate surface area is 119 Å². The van der Waals surface area contributed by atoms with E-state index in [1.165, 1.54) is 13.1 Å². The number of nitrogens with two attached hydrogens (primary N) is 1. The molecule has 20 heavy (non-hydrogen) atoms. The van der Waals surface area contributed by atoms with Gasteiger partial charge in [0.1, 0.15) is 4.90 Å². The summed E-state index contributed by atoms with van der Waals surface area (Å²) in [6.07, 6.45) is 3.32. The Morgan fingerprint density at radius 3 is 2.90 bits per heavy atom. The minimum absolute atomic E-state index is 0.173. The van der Waals surface area contributed by atoms with E-state index >= 15 is 0 Å². The van der Waals surface area contributed by atoms with Crippen molar-refractivity contribution in [3.63, 3.8) is 0 Å². The van der Waals surface area contributed by atoms with Gasteiger partial charge in [-0.2, -0.15) is 0 Å². The minimum Gasteiger partial charge on any atom is -0.399 e. The van der Waals surface area contributed by atoms with Crippen LogP contribution in [0.3, 0.4) is 0 Å². The second kappa shape index (κ2) is 6.43. The third kappa shape index (κ3) is 3.62.